The van der Waals surface area contributed by atoms with Crippen molar-refractivity contribution in [3.63, 3.8) is 0 Å². The zero-order valence-corrected chi connectivity index (χ0v) is 25.3. The molecule has 2 N–H and O–H groups in total. The van der Waals surface area contributed by atoms with E-state index in [2.05, 4.69) is 21.7 Å². The Hall–Kier alpha value is -5.41. The predicted molar refractivity (Wildman–Crippen MR) is 175 cm³/mol. The van der Waals surface area contributed by atoms with E-state index in [-0.39, 0.29) is 17.9 Å². The highest BCUT2D eigenvalue weighted by Gasteiger charge is 2.12. The minimum atomic E-state index is -0.432. The van der Waals surface area contributed by atoms with Gasteiger partial charge < -0.3 is 14.9 Å². The molecule has 5 rings (SSSR count). The summed E-state index contributed by atoms with van der Waals surface area (Å²) in [5, 5.41) is 10.8. The Morgan fingerprint density at radius 3 is 2.16 bits per heavy atom. The first kappa shape index (κ1) is 33.1. The Kier molecular flexibility index (Phi) is 12.7. The second kappa shape index (κ2) is 16.9. The topological polar surface area (TPSA) is 134 Å². The number of hydrogen-bond acceptors (Lipinski definition) is 6. The monoisotopic (exact) mass is 652 g/mol. The number of nitro benzene ring substituents is 1. The number of ketones is 1. The van der Waals surface area contributed by atoms with Gasteiger partial charge in [-0.1, -0.05) is 76.6 Å². The van der Waals surface area contributed by atoms with Gasteiger partial charge in [0.1, 0.15) is 17.8 Å². The van der Waals surface area contributed by atoms with Crippen LogP contribution >= 0.6 is 15.9 Å². The average molecular weight is 654 g/mol. The van der Waals surface area contributed by atoms with Gasteiger partial charge in [0.15, 0.2) is 5.78 Å². The van der Waals surface area contributed by atoms with Crippen molar-refractivity contribution in [1.29, 1.82) is 0 Å². The van der Waals surface area contributed by atoms with Crippen molar-refractivity contribution in [2.45, 2.75) is 13.3 Å². The molecule has 0 aliphatic heterocycles. The smallest absolute Gasteiger partial charge is 0.269 e. The lowest BCUT2D eigenvalue weighted by atomic mass is 9.97. The summed E-state index contributed by atoms with van der Waals surface area (Å²) < 4.78 is 6.88. The maximum atomic E-state index is 12.8. The van der Waals surface area contributed by atoms with Gasteiger partial charge in [-0.3, -0.25) is 19.7 Å². The van der Waals surface area contributed by atoms with Crippen LogP contribution in [0.1, 0.15) is 38.4 Å². The van der Waals surface area contributed by atoms with Gasteiger partial charge >= 0.3 is 0 Å². The molecule has 8 nitrogen and oxygen atoms in total. The number of rotatable bonds is 8. The Labute approximate surface area is 263 Å². The molecule has 1 aromatic heterocycles. The number of carbonyl (C=O) groups excluding carboxylic acids is 3. The summed E-state index contributed by atoms with van der Waals surface area (Å²) in [6.07, 6.45) is 5.38. The lowest BCUT2D eigenvalue weighted by Crippen LogP contribution is -2.03. The molecule has 4 aromatic carbocycles. The number of carbonyl (C=O) groups is 3. The molecule has 0 aliphatic carbocycles. The molecule has 0 saturated carbocycles. The third-order valence-corrected chi connectivity index (χ3v) is 6.73. The molecule has 0 bridgehead atoms. The van der Waals surface area contributed by atoms with Gasteiger partial charge in [0.05, 0.1) is 4.92 Å². The van der Waals surface area contributed by atoms with E-state index in [9.17, 15) is 19.7 Å². The van der Waals surface area contributed by atoms with Crippen LogP contribution in [0.2, 0.25) is 0 Å². The van der Waals surface area contributed by atoms with Crippen molar-refractivity contribution in [2.24, 2.45) is 5.73 Å². The maximum Gasteiger partial charge on any atom is 0.269 e. The fourth-order valence-electron chi connectivity index (χ4n) is 3.97. The molecule has 9 heteroatoms. The van der Waals surface area contributed by atoms with E-state index in [1.807, 2.05) is 104 Å². The molecule has 222 valence electrons. The maximum absolute atomic E-state index is 12.8. The largest absolute Gasteiger partial charge is 0.457 e. The highest BCUT2D eigenvalue weighted by atomic mass is 79.9. The molecule has 0 aliphatic rings. The lowest BCUT2D eigenvalue weighted by Gasteiger charge is -2.06. The number of aldehydes is 1. The quantitative estimate of drug-likeness (QED) is 0.0785. The molecular formula is C35H29BrN2O6. The number of aryl methyl sites for hydroxylation is 1. The molecule has 44 heavy (non-hydrogen) atoms. The minimum Gasteiger partial charge on any atom is -0.457 e. The number of primary amides is 1. The second-order valence-electron chi connectivity index (χ2n) is 9.24. The van der Waals surface area contributed by atoms with Gasteiger partial charge in [0.25, 0.3) is 5.69 Å². The Morgan fingerprint density at radius 2 is 1.55 bits per heavy atom. The number of nitrogens with zero attached hydrogens (tertiary/aromatic N) is 1. The Bertz CT molecular complexity index is 1730. The molecule has 1 heterocycles. The first-order valence-corrected chi connectivity index (χ1v) is 14.1. The number of non-ortho nitro benzene ring substituents is 1. The zero-order chi connectivity index (χ0) is 31.9. The van der Waals surface area contributed by atoms with Crippen LogP contribution in [0.25, 0.3) is 23.5 Å². The van der Waals surface area contributed by atoms with Crippen LogP contribution < -0.4 is 5.73 Å². The number of halogens is 1. The van der Waals surface area contributed by atoms with E-state index >= 15 is 0 Å². The lowest BCUT2D eigenvalue weighted by molar-refractivity contribution is -0.384. The predicted octanol–water partition coefficient (Wildman–Crippen LogP) is 7.86. The van der Waals surface area contributed by atoms with Crippen molar-refractivity contribution in [3.8, 4) is 11.3 Å². The summed E-state index contributed by atoms with van der Waals surface area (Å²) >= 11 is 3.31. The number of amides is 1. The molecule has 0 spiro atoms. The van der Waals surface area contributed by atoms with E-state index in [1.54, 1.807) is 12.1 Å². The number of nitro groups is 1. The molecule has 1 amide bonds. The summed E-state index contributed by atoms with van der Waals surface area (Å²) in [6, 6.07) is 32.6. The van der Waals surface area contributed by atoms with Crippen molar-refractivity contribution >= 4 is 52.2 Å². The number of benzene rings is 4. The highest BCUT2D eigenvalue weighted by Crippen LogP contribution is 2.26. The number of furan rings is 1. The first-order chi connectivity index (χ1) is 21.2. The fraction of sp³-hybridized carbons (Fsp3) is 0.0571. The van der Waals surface area contributed by atoms with Gasteiger partial charge in [0.2, 0.25) is 6.41 Å². The molecule has 0 fully saturated rings. The van der Waals surface area contributed by atoms with E-state index in [1.165, 1.54) is 12.1 Å². The van der Waals surface area contributed by atoms with Crippen molar-refractivity contribution in [1.82, 2.24) is 0 Å². The molecule has 0 unspecified atom stereocenters. The molecular weight excluding hydrogens is 624 g/mol. The van der Waals surface area contributed by atoms with Crippen molar-refractivity contribution in [3.05, 3.63) is 157 Å². The minimum absolute atomic E-state index is 0.00759. The van der Waals surface area contributed by atoms with Crippen LogP contribution in [0, 0.1) is 17.0 Å². The van der Waals surface area contributed by atoms with Gasteiger partial charge in [-0.2, -0.15) is 0 Å². The summed E-state index contributed by atoms with van der Waals surface area (Å²) in [7, 11) is 0. The third kappa shape index (κ3) is 9.85. The summed E-state index contributed by atoms with van der Waals surface area (Å²) in [6.45, 7) is 1.92. The van der Waals surface area contributed by atoms with E-state index in [0.717, 1.165) is 33.0 Å². The third-order valence-electron chi connectivity index (χ3n) is 6.20. The van der Waals surface area contributed by atoms with Gasteiger partial charge in [0, 0.05) is 39.7 Å². The molecule has 0 radical (unpaired) electrons. The van der Waals surface area contributed by atoms with Gasteiger partial charge in [-0.25, -0.2) is 0 Å². The van der Waals surface area contributed by atoms with Crippen molar-refractivity contribution in [2.75, 3.05) is 0 Å². The van der Waals surface area contributed by atoms with Crippen LogP contribution in [0.5, 0.6) is 0 Å². The molecule has 0 saturated heterocycles. The van der Waals surface area contributed by atoms with E-state index in [0.29, 0.717) is 29.1 Å². The van der Waals surface area contributed by atoms with Crippen LogP contribution in [-0.2, 0) is 16.0 Å². The molecule has 0 atom stereocenters. The summed E-state index contributed by atoms with van der Waals surface area (Å²) in [4.78, 5) is 41.8. The Morgan fingerprint density at radius 1 is 0.886 bits per heavy atom. The first-order valence-electron chi connectivity index (χ1n) is 13.3. The second-order valence-corrected chi connectivity index (χ2v) is 10.2. The fourth-order valence-corrected chi connectivity index (χ4v) is 4.24. The normalized spacial score (nSPS) is 10.1. The van der Waals surface area contributed by atoms with Gasteiger partial charge in [-0.05, 0) is 72.2 Å². The van der Waals surface area contributed by atoms with E-state index in [4.69, 9.17) is 9.21 Å². The zero-order valence-electron chi connectivity index (χ0n) is 23.8. The van der Waals surface area contributed by atoms with Gasteiger partial charge in [-0.15, -0.1) is 0 Å². The number of nitrogens with two attached hydrogens (primary N) is 1. The van der Waals surface area contributed by atoms with Crippen LogP contribution in [-0.4, -0.2) is 23.4 Å². The van der Waals surface area contributed by atoms with E-state index < -0.39 is 4.92 Å². The SMILES string of the molecule is Cc1ccc(/C=C/c2ccc(-c3ccc([N+](=O)[O-])cc3)o2)cc1C(=O)c1ccccc1.NC=O.O=CCc1ccc(Br)cc1. The van der Waals surface area contributed by atoms with Crippen LogP contribution in [0.4, 0.5) is 5.69 Å². The number of hydrogen-bond donors (Lipinski definition) is 1. The van der Waals surface area contributed by atoms with Crippen molar-refractivity contribution < 1.29 is 23.7 Å². The summed E-state index contributed by atoms with van der Waals surface area (Å²) in [5.74, 6) is 1.26. The van der Waals surface area contributed by atoms with Crippen LogP contribution in [0.3, 0.4) is 0 Å². The summed E-state index contributed by atoms with van der Waals surface area (Å²) in [5.41, 5.74) is 9.15. The highest BCUT2D eigenvalue weighted by molar-refractivity contribution is 9.10. The van der Waals surface area contributed by atoms with Crippen LogP contribution in [0.15, 0.2) is 118 Å². The Balaban J connectivity index is 0.000000340. The average Bonchev–Trinajstić information content (AvgIpc) is 3.52. The standard InChI is InChI=1S/C26H19NO4.C8H7BrO.CH3NO/c1-18-7-8-19(17-24(18)26(28)21-5-3-2-4-6-21)9-14-23-15-16-25(31-23)20-10-12-22(13-11-20)27(29)30;9-8-3-1-7(2-4-8)5-6-10;2-1-3/h2-17H,1H3;1-4,6H,5H2;1H,(H2,2,3)/b14-9+;;. The molecule has 5 aromatic rings.